The Hall–Kier alpha value is -1.89. The molecule has 0 fully saturated rings. The lowest BCUT2D eigenvalue weighted by molar-refractivity contribution is -0.129. The first-order chi connectivity index (χ1) is 8.19. The highest BCUT2D eigenvalue weighted by Crippen LogP contribution is 2.08. The quantitative estimate of drug-likeness (QED) is 0.732. The molecule has 1 aromatic rings. The summed E-state index contributed by atoms with van der Waals surface area (Å²) in [6.07, 6.45) is 0.791. The van der Waals surface area contributed by atoms with Gasteiger partial charge in [-0.2, -0.15) is 5.26 Å². The second-order valence-corrected chi connectivity index (χ2v) is 3.74. The van der Waals surface area contributed by atoms with Crippen LogP contribution in [-0.4, -0.2) is 23.9 Å². The standard InChI is InChI=1S/C13H15FN2O/c1-2-8-16(9-7-15)13(17)10-11-5-3-4-6-12(11)14/h3-6H,2,8-10H2,1H3. The van der Waals surface area contributed by atoms with Gasteiger partial charge in [0.15, 0.2) is 0 Å². The number of carbonyl (C=O) groups is 1. The van der Waals surface area contributed by atoms with Gasteiger partial charge >= 0.3 is 0 Å². The zero-order valence-electron chi connectivity index (χ0n) is 9.82. The lowest BCUT2D eigenvalue weighted by atomic mass is 10.1. The van der Waals surface area contributed by atoms with Crippen LogP contribution in [0.25, 0.3) is 0 Å². The Labute approximate surface area is 100 Å². The van der Waals surface area contributed by atoms with Crippen molar-refractivity contribution in [1.29, 1.82) is 5.26 Å². The van der Waals surface area contributed by atoms with Gasteiger partial charge in [-0.25, -0.2) is 4.39 Å². The maximum atomic E-state index is 13.3. The lowest BCUT2D eigenvalue weighted by Gasteiger charge is -2.18. The predicted molar refractivity (Wildman–Crippen MR) is 62.6 cm³/mol. The second-order valence-electron chi connectivity index (χ2n) is 3.74. The summed E-state index contributed by atoms with van der Waals surface area (Å²) in [4.78, 5) is 13.3. The summed E-state index contributed by atoms with van der Waals surface area (Å²) in [5.74, 6) is -0.590. The van der Waals surface area contributed by atoms with Crippen LogP contribution >= 0.6 is 0 Å². The number of benzene rings is 1. The van der Waals surface area contributed by atoms with E-state index < -0.39 is 0 Å². The normalized spacial score (nSPS) is 9.71. The first kappa shape index (κ1) is 13.2. The monoisotopic (exact) mass is 234 g/mol. The highest BCUT2D eigenvalue weighted by Gasteiger charge is 2.14. The summed E-state index contributed by atoms with van der Waals surface area (Å²) in [6.45, 7) is 2.52. The number of nitrogens with zero attached hydrogens (tertiary/aromatic N) is 2. The first-order valence-electron chi connectivity index (χ1n) is 5.57. The summed E-state index contributed by atoms with van der Waals surface area (Å²) in [5.41, 5.74) is 0.372. The van der Waals surface area contributed by atoms with Crippen LogP contribution in [0.1, 0.15) is 18.9 Å². The zero-order chi connectivity index (χ0) is 12.7. The van der Waals surface area contributed by atoms with Crippen molar-refractivity contribution in [2.24, 2.45) is 0 Å². The molecule has 0 spiro atoms. The van der Waals surface area contributed by atoms with Crippen LogP contribution in [0.15, 0.2) is 24.3 Å². The molecule has 0 unspecified atom stereocenters. The van der Waals surface area contributed by atoms with E-state index in [0.717, 1.165) is 6.42 Å². The smallest absolute Gasteiger partial charge is 0.227 e. The van der Waals surface area contributed by atoms with Gasteiger partial charge in [-0.3, -0.25) is 4.79 Å². The van der Waals surface area contributed by atoms with Gasteiger partial charge in [0.2, 0.25) is 5.91 Å². The third-order valence-electron chi connectivity index (χ3n) is 2.41. The molecule has 3 nitrogen and oxygen atoms in total. The molecule has 1 aromatic carbocycles. The Kier molecular flexibility index (Phi) is 5.15. The third-order valence-corrected chi connectivity index (χ3v) is 2.41. The maximum Gasteiger partial charge on any atom is 0.227 e. The molecule has 0 heterocycles. The van der Waals surface area contributed by atoms with Gasteiger partial charge in [-0.15, -0.1) is 0 Å². The van der Waals surface area contributed by atoms with Crippen molar-refractivity contribution in [3.8, 4) is 6.07 Å². The molecule has 0 aliphatic heterocycles. The number of hydrogen-bond acceptors (Lipinski definition) is 2. The number of hydrogen-bond donors (Lipinski definition) is 0. The number of halogens is 1. The molecule has 4 heteroatoms. The van der Waals surface area contributed by atoms with E-state index in [1.807, 2.05) is 13.0 Å². The average Bonchev–Trinajstić information content (AvgIpc) is 2.32. The fourth-order valence-corrected chi connectivity index (χ4v) is 1.56. The highest BCUT2D eigenvalue weighted by molar-refractivity contribution is 5.79. The Morgan fingerprint density at radius 2 is 2.18 bits per heavy atom. The van der Waals surface area contributed by atoms with Crippen molar-refractivity contribution in [2.45, 2.75) is 19.8 Å². The van der Waals surface area contributed by atoms with Crippen LogP contribution in [0.3, 0.4) is 0 Å². The molecule has 0 aromatic heterocycles. The van der Waals surface area contributed by atoms with Gasteiger partial charge in [-0.1, -0.05) is 25.1 Å². The van der Waals surface area contributed by atoms with E-state index in [0.29, 0.717) is 12.1 Å². The lowest BCUT2D eigenvalue weighted by Crippen LogP contribution is -2.33. The fraction of sp³-hybridized carbons (Fsp3) is 0.385. The van der Waals surface area contributed by atoms with Crippen molar-refractivity contribution in [3.05, 3.63) is 35.6 Å². The summed E-state index contributed by atoms with van der Waals surface area (Å²) in [7, 11) is 0. The molecule has 0 N–H and O–H groups in total. The minimum absolute atomic E-state index is 0.00829. The van der Waals surface area contributed by atoms with Gasteiger partial charge < -0.3 is 4.90 Å². The van der Waals surface area contributed by atoms with Gasteiger partial charge in [-0.05, 0) is 18.1 Å². The van der Waals surface area contributed by atoms with E-state index in [9.17, 15) is 9.18 Å². The summed E-state index contributed by atoms with van der Waals surface area (Å²) >= 11 is 0. The number of rotatable bonds is 5. The minimum atomic E-state index is -0.380. The molecule has 17 heavy (non-hydrogen) atoms. The first-order valence-corrected chi connectivity index (χ1v) is 5.57. The van der Waals surface area contributed by atoms with Gasteiger partial charge in [0.05, 0.1) is 12.5 Å². The van der Waals surface area contributed by atoms with Crippen LogP contribution in [0, 0.1) is 17.1 Å². The Balaban J connectivity index is 2.70. The molecule has 0 saturated carbocycles. The molecule has 0 saturated heterocycles. The van der Waals surface area contributed by atoms with E-state index in [1.165, 1.54) is 11.0 Å². The van der Waals surface area contributed by atoms with Crippen LogP contribution in [0.5, 0.6) is 0 Å². The van der Waals surface area contributed by atoms with E-state index in [2.05, 4.69) is 0 Å². The van der Waals surface area contributed by atoms with Crippen molar-refractivity contribution >= 4 is 5.91 Å². The molecule has 0 atom stereocenters. The SMILES string of the molecule is CCCN(CC#N)C(=O)Cc1ccccc1F. The number of nitriles is 1. The molecule has 1 amide bonds. The van der Waals surface area contributed by atoms with Gasteiger partial charge in [0.1, 0.15) is 12.4 Å². The van der Waals surface area contributed by atoms with E-state index >= 15 is 0 Å². The maximum absolute atomic E-state index is 13.3. The number of amides is 1. The highest BCUT2D eigenvalue weighted by atomic mass is 19.1. The van der Waals surface area contributed by atoms with Gasteiger partial charge in [0.25, 0.3) is 0 Å². The van der Waals surface area contributed by atoms with Crippen LogP contribution < -0.4 is 0 Å². The molecular formula is C13H15FN2O. The Morgan fingerprint density at radius 1 is 1.47 bits per heavy atom. The van der Waals surface area contributed by atoms with Crippen LogP contribution in [0.2, 0.25) is 0 Å². The van der Waals surface area contributed by atoms with Gasteiger partial charge in [0, 0.05) is 6.54 Å². The average molecular weight is 234 g/mol. The largest absolute Gasteiger partial charge is 0.329 e. The summed E-state index contributed by atoms with van der Waals surface area (Å²) in [5, 5.41) is 8.61. The van der Waals surface area contributed by atoms with Crippen LogP contribution in [-0.2, 0) is 11.2 Å². The van der Waals surface area contributed by atoms with E-state index in [4.69, 9.17) is 5.26 Å². The van der Waals surface area contributed by atoms with Crippen LogP contribution in [0.4, 0.5) is 4.39 Å². The molecular weight excluding hydrogens is 219 g/mol. The minimum Gasteiger partial charge on any atom is -0.329 e. The van der Waals surface area contributed by atoms with Crippen molar-refractivity contribution < 1.29 is 9.18 Å². The Bertz CT molecular complexity index is 426. The molecule has 0 radical (unpaired) electrons. The third kappa shape index (κ3) is 3.87. The van der Waals surface area contributed by atoms with Crippen molar-refractivity contribution in [3.63, 3.8) is 0 Å². The zero-order valence-corrected chi connectivity index (χ0v) is 9.82. The van der Waals surface area contributed by atoms with E-state index in [-0.39, 0.29) is 24.7 Å². The molecule has 0 aliphatic carbocycles. The fourth-order valence-electron chi connectivity index (χ4n) is 1.56. The van der Waals surface area contributed by atoms with E-state index in [1.54, 1.807) is 18.2 Å². The topological polar surface area (TPSA) is 44.1 Å². The number of carbonyl (C=O) groups excluding carboxylic acids is 1. The van der Waals surface area contributed by atoms with Crippen molar-refractivity contribution in [1.82, 2.24) is 4.90 Å². The summed E-state index contributed by atoms with van der Waals surface area (Å²) in [6, 6.07) is 8.14. The summed E-state index contributed by atoms with van der Waals surface area (Å²) < 4.78 is 13.3. The molecule has 0 bridgehead atoms. The molecule has 90 valence electrons. The Morgan fingerprint density at radius 3 is 2.76 bits per heavy atom. The molecule has 1 rings (SSSR count). The predicted octanol–water partition coefficient (Wildman–Crippen LogP) is 2.13. The second kappa shape index (κ2) is 6.64. The van der Waals surface area contributed by atoms with Crippen molar-refractivity contribution in [2.75, 3.05) is 13.1 Å². The molecule has 0 aliphatic rings.